The van der Waals surface area contributed by atoms with Crippen LogP contribution in [-0.4, -0.2) is 22.1 Å². The molecule has 90 valence electrons. The summed E-state index contributed by atoms with van der Waals surface area (Å²) >= 11 is 0. The second-order valence-electron chi connectivity index (χ2n) is 4.21. The van der Waals surface area contributed by atoms with Crippen molar-refractivity contribution in [1.29, 1.82) is 0 Å². The fourth-order valence-electron chi connectivity index (χ4n) is 1.45. The van der Waals surface area contributed by atoms with Gasteiger partial charge in [-0.1, -0.05) is 20.3 Å². The minimum absolute atomic E-state index is 0.151. The predicted molar refractivity (Wildman–Crippen MR) is 64.1 cm³/mol. The van der Waals surface area contributed by atoms with E-state index < -0.39 is 6.04 Å². The van der Waals surface area contributed by atoms with Crippen LogP contribution in [0.4, 0.5) is 5.69 Å². The molecule has 1 amide bonds. The van der Waals surface area contributed by atoms with Gasteiger partial charge in [-0.2, -0.15) is 5.10 Å². The first-order chi connectivity index (χ1) is 7.47. The summed E-state index contributed by atoms with van der Waals surface area (Å²) in [5.74, 6) is 0.0227. The Morgan fingerprint density at radius 3 is 2.62 bits per heavy atom. The molecule has 1 heterocycles. The number of aromatic nitrogens is 2. The number of nitrogens with one attached hydrogen (secondary N) is 2. The summed E-state index contributed by atoms with van der Waals surface area (Å²) in [6.07, 6.45) is 0.887. The van der Waals surface area contributed by atoms with Gasteiger partial charge in [0.15, 0.2) is 0 Å². The molecule has 1 rings (SSSR count). The second-order valence-corrected chi connectivity index (χ2v) is 4.21. The lowest BCUT2D eigenvalue weighted by atomic mass is 9.99. The van der Waals surface area contributed by atoms with Crippen LogP contribution < -0.4 is 11.1 Å². The molecule has 0 spiro atoms. The van der Waals surface area contributed by atoms with Gasteiger partial charge >= 0.3 is 0 Å². The van der Waals surface area contributed by atoms with Gasteiger partial charge in [0.05, 0.1) is 23.1 Å². The Hall–Kier alpha value is -1.36. The van der Waals surface area contributed by atoms with Crippen molar-refractivity contribution in [3.8, 4) is 0 Å². The maximum absolute atomic E-state index is 11.8. The van der Waals surface area contributed by atoms with Crippen molar-refractivity contribution in [2.45, 2.75) is 40.2 Å². The third-order valence-corrected chi connectivity index (χ3v) is 2.94. The van der Waals surface area contributed by atoms with Crippen molar-refractivity contribution in [3.05, 3.63) is 11.4 Å². The average Bonchev–Trinajstić information content (AvgIpc) is 2.58. The summed E-state index contributed by atoms with van der Waals surface area (Å²) < 4.78 is 0. The molecule has 0 saturated carbocycles. The molecule has 0 saturated heterocycles. The average molecular weight is 224 g/mol. The number of carbonyl (C=O) groups is 1. The number of nitrogens with two attached hydrogens (primary N) is 1. The van der Waals surface area contributed by atoms with Crippen LogP contribution in [0.3, 0.4) is 0 Å². The lowest BCUT2D eigenvalue weighted by Crippen LogP contribution is -2.40. The highest BCUT2D eigenvalue weighted by Crippen LogP contribution is 2.17. The largest absolute Gasteiger partial charge is 0.322 e. The van der Waals surface area contributed by atoms with Crippen LogP contribution in [0.15, 0.2) is 0 Å². The zero-order chi connectivity index (χ0) is 12.3. The number of nitrogens with zero attached hydrogens (tertiary/aromatic N) is 1. The first kappa shape index (κ1) is 12.7. The number of amides is 1. The van der Waals surface area contributed by atoms with Crippen molar-refractivity contribution in [2.75, 3.05) is 5.32 Å². The molecule has 16 heavy (non-hydrogen) atoms. The molecule has 0 aliphatic rings. The van der Waals surface area contributed by atoms with Crippen LogP contribution >= 0.6 is 0 Å². The van der Waals surface area contributed by atoms with Gasteiger partial charge in [0.2, 0.25) is 5.91 Å². The summed E-state index contributed by atoms with van der Waals surface area (Å²) in [5.41, 5.74) is 8.21. The van der Waals surface area contributed by atoms with Gasteiger partial charge in [-0.15, -0.1) is 0 Å². The molecule has 0 fully saturated rings. The van der Waals surface area contributed by atoms with Crippen LogP contribution in [0.25, 0.3) is 0 Å². The summed E-state index contributed by atoms with van der Waals surface area (Å²) in [6.45, 7) is 7.70. The van der Waals surface area contributed by atoms with E-state index in [1.165, 1.54) is 0 Å². The molecule has 4 N–H and O–H groups in total. The number of hydrogen-bond acceptors (Lipinski definition) is 3. The van der Waals surface area contributed by atoms with Crippen molar-refractivity contribution in [1.82, 2.24) is 10.2 Å². The molecular weight excluding hydrogens is 204 g/mol. The van der Waals surface area contributed by atoms with Crippen LogP contribution in [0.5, 0.6) is 0 Å². The van der Waals surface area contributed by atoms with Crippen molar-refractivity contribution in [3.63, 3.8) is 0 Å². The van der Waals surface area contributed by atoms with Gasteiger partial charge < -0.3 is 11.1 Å². The van der Waals surface area contributed by atoms with Gasteiger partial charge in [-0.05, 0) is 19.8 Å². The number of aryl methyl sites for hydroxylation is 2. The first-order valence-corrected chi connectivity index (χ1v) is 5.55. The van der Waals surface area contributed by atoms with Gasteiger partial charge in [0.1, 0.15) is 0 Å². The highest BCUT2D eigenvalue weighted by atomic mass is 16.2. The van der Waals surface area contributed by atoms with E-state index in [0.29, 0.717) is 0 Å². The van der Waals surface area contributed by atoms with Crippen molar-refractivity contribution < 1.29 is 4.79 Å². The molecule has 0 aliphatic heterocycles. The lowest BCUT2D eigenvalue weighted by Gasteiger charge is -2.17. The van der Waals surface area contributed by atoms with E-state index in [1.807, 2.05) is 27.7 Å². The molecule has 2 atom stereocenters. The summed E-state index contributed by atoms with van der Waals surface area (Å²) in [4.78, 5) is 11.8. The Bertz CT molecular complexity index is 353. The fraction of sp³-hybridized carbons (Fsp3) is 0.636. The Balaban J connectivity index is 2.71. The highest BCUT2D eigenvalue weighted by Gasteiger charge is 2.21. The first-order valence-electron chi connectivity index (χ1n) is 5.55. The third-order valence-electron chi connectivity index (χ3n) is 2.94. The summed E-state index contributed by atoms with van der Waals surface area (Å²) in [7, 11) is 0. The number of H-pyrrole nitrogens is 1. The van der Waals surface area contributed by atoms with Gasteiger partial charge in [-0.25, -0.2) is 0 Å². The Kier molecular flexibility index (Phi) is 4.06. The van der Waals surface area contributed by atoms with E-state index in [4.69, 9.17) is 5.73 Å². The van der Waals surface area contributed by atoms with E-state index in [1.54, 1.807) is 0 Å². The smallest absolute Gasteiger partial charge is 0.241 e. The summed E-state index contributed by atoms with van der Waals surface area (Å²) in [5, 5.41) is 9.65. The minimum atomic E-state index is -0.473. The Labute approximate surface area is 95.8 Å². The standard InChI is InChI=1S/C11H20N4O/c1-5-6(2)9(12)11(16)13-10-7(3)14-15-8(10)4/h6,9H,5,12H2,1-4H3,(H,13,16)(H,14,15). The normalized spacial score (nSPS) is 14.6. The maximum Gasteiger partial charge on any atom is 0.241 e. The van der Waals surface area contributed by atoms with Gasteiger partial charge in [-0.3, -0.25) is 9.89 Å². The topological polar surface area (TPSA) is 83.8 Å². The zero-order valence-corrected chi connectivity index (χ0v) is 10.3. The van der Waals surface area contributed by atoms with E-state index in [2.05, 4.69) is 15.5 Å². The van der Waals surface area contributed by atoms with E-state index >= 15 is 0 Å². The van der Waals surface area contributed by atoms with Crippen LogP contribution in [0.1, 0.15) is 31.7 Å². The number of anilines is 1. The van der Waals surface area contributed by atoms with Crippen LogP contribution in [-0.2, 0) is 4.79 Å². The molecule has 1 aromatic rings. The molecule has 5 nitrogen and oxygen atoms in total. The van der Waals surface area contributed by atoms with E-state index in [9.17, 15) is 4.79 Å². The number of rotatable bonds is 4. The Morgan fingerprint density at radius 2 is 2.19 bits per heavy atom. The van der Waals surface area contributed by atoms with E-state index in [0.717, 1.165) is 23.5 Å². The van der Waals surface area contributed by atoms with Crippen LogP contribution in [0.2, 0.25) is 0 Å². The number of hydrogen-bond donors (Lipinski definition) is 3. The lowest BCUT2D eigenvalue weighted by molar-refractivity contribution is -0.118. The number of aromatic amines is 1. The molecular formula is C11H20N4O. The molecule has 0 radical (unpaired) electrons. The Morgan fingerprint density at radius 1 is 1.56 bits per heavy atom. The second kappa shape index (κ2) is 5.12. The highest BCUT2D eigenvalue weighted by molar-refractivity contribution is 5.95. The zero-order valence-electron chi connectivity index (χ0n) is 10.3. The molecule has 0 aromatic carbocycles. The monoisotopic (exact) mass is 224 g/mol. The molecule has 0 bridgehead atoms. The maximum atomic E-state index is 11.8. The quantitative estimate of drug-likeness (QED) is 0.721. The van der Waals surface area contributed by atoms with Gasteiger partial charge in [0, 0.05) is 0 Å². The fourth-order valence-corrected chi connectivity index (χ4v) is 1.45. The minimum Gasteiger partial charge on any atom is -0.322 e. The van der Waals surface area contributed by atoms with Gasteiger partial charge in [0.25, 0.3) is 0 Å². The van der Waals surface area contributed by atoms with Crippen molar-refractivity contribution >= 4 is 11.6 Å². The molecule has 0 aliphatic carbocycles. The number of carbonyl (C=O) groups excluding carboxylic acids is 1. The SMILES string of the molecule is CCC(C)C(N)C(=O)Nc1c(C)n[nH]c1C. The van der Waals surface area contributed by atoms with Crippen molar-refractivity contribution in [2.24, 2.45) is 11.7 Å². The third kappa shape index (κ3) is 2.61. The van der Waals surface area contributed by atoms with E-state index in [-0.39, 0.29) is 11.8 Å². The predicted octanol–water partition coefficient (Wildman–Crippen LogP) is 1.34. The van der Waals surface area contributed by atoms with Crippen LogP contribution in [0, 0.1) is 19.8 Å². The molecule has 2 unspecified atom stereocenters. The molecule has 1 aromatic heterocycles. The molecule has 5 heteroatoms. The summed E-state index contributed by atoms with van der Waals surface area (Å²) in [6, 6.07) is -0.473.